The van der Waals surface area contributed by atoms with Crippen molar-refractivity contribution in [2.45, 2.75) is 70.5 Å². The van der Waals surface area contributed by atoms with Gasteiger partial charge in [-0.3, -0.25) is 0 Å². The molecule has 1 fully saturated rings. The summed E-state index contributed by atoms with van der Waals surface area (Å²) >= 11 is 0. The van der Waals surface area contributed by atoms with Crippen molar-refractivity contribution < 1.29 is 9.84 Å². The Morgan fingerprint density at radius 1 is 1.29 bits per heavy atom. The molecule has 84 valence electrons. The van der Waals surface area contributed by atoms with Gasteiger partial charge in [-0.25, -0.2) is 0 Å². The maximum atomic E-state index is 9.85. The summed E-state index contributed by atoms with van der Waals surface area (Å²) in [5.74, 6) is 0. The molecule has 1 aliphatic rings. The average Bonchev–Trinajstić information content (AvgIpc) is 2.25. The van der Waals surface area contributed by atoms with Gasteiger partial charge in [0, 0.05) is 6.61 Å². The first-order chi connectivity index (χ1) is 6.84. The second-order valence-electron chi connectivity index (χ2n) is 4.32. The Balaban J connectivity index is 2.04. The highest BCUT2D eigenvalue weighted by Crippen LogP contribution is 2.19. The van der Waals surface area contributed by atoms with Crippen molar-refractivity contribution in [3.8, 4) is 0 Å². The van der Waals surface area contributed by atoms with Gasteiger partial charge in [0.2, 0.25) is 0 Å². The zero-order valence-corrected chi connectivity index (χ0v) is 9.37. The number of rotatable bonds is 6. The molecule has 1 rings (SSSR count). The van der Waals surface area contributed by atoms with E-state index in [4.69, 9.17) is 4.74 Å². The van der Waals surface area contributed by atoms with Crippen LogP contribution in [0.15, 0.2) is 0 Å². The van der Waals surface area contributed by atoms with Gasteiger partial charge < -0.3 is 9.84 Å². The molecule has 0 aliphatic carbocycles. The zero-order valence-electron chi connectivity index (χ0n) is 9.37. The Morgan fingerprint density at radius 2 is 2.14 bits per heavy atom. The lowest BCUT2D eigenvalue weighted by Gasteiger charge is -2.27. The Kier molecular flexibility index (Phi) is 6.20. The van der Waals surface area contributed by atoms with Crippen molar-refractivity contribution in [1.82, 2.24) is 0 Å². The number of hydrogen-bond acceptors (Lipinski definition) is 2. The first kappa shape index (κ1) is 12.0. The molecule has 0 saturated carbocycles. The van der Waals surface area contributed by atoms with Gasteiger partial charge in [-0.05, 0) is 25.7 Å². The van der Waals surface area contributed by atoms with E-state index in [0.29, 0.717) is 0 Å². The van der Waals surface area contributed by atoms with Crippen LogP contribution in [0, 0.1) is 0 Å². The van der Waals surface area contributed by atoms with Crippen molar-refractivity contribution in [2.24, 2.45) is 0 Å². The smallest absolute Gasteiger partial charge is 0.0833 e. The number of hydrogen-bond donors (Lipinski definition) is 1. The molecule has 0 amide bonds. The quantitative estimate of drug-likeness (QED) is 0.668. The number of ether oxygens (including phenoxy) is 1. The summed E-state index contributed by atoms with van der Waals surface area (Å²) in [4.78, 5) is 0. The Hall–Kier alpha value is -0.0800. The molecule has 2 unspecified atom stereocenters. The van der Waals surface area contributed by atoms with Gasteiger partial charge in [0.1, 0.15) is 0 Å². The molecule has 0 aromatic rings. The molecule has 2 atom stereocenters. The van der Waals surface area contributed by atoms with E-state index in [1.165, 1.54) is 32.1 Å². The largest absolute Gasteiger partial charge is 0.390 e. The van der Waals surface area contributed by atoms with Gasteiger partial charge in [0.15, 0.2) is 0 Å². The fraction of sp³-hybridized carbons (Fsp3) is 1.00. The molecule has 0 radical (unpaired) electrons. The minimum Gasteiger partial charge on any atom is -0.390 e. The zero-order chi connectivity index (χ0) is 10.2. The van der Waals surface area contributed by atoms with Crippen LogP contribution in [0.3, 0.4) is 0 Å². The second-order valence-corrected chi connectivity index (χ2v) is 4.32. The minimum atomic E-state index is -0.216. The molecule has 14 heavy (non-hydrogen) atoms. The third-order valence-corrected chi connectivity index (χ3v) is 3.00. The van der Waals surface area contributed by atoms with Crippen LogP contribution in [0.1, 0.15) is 58.3 Å². The van der Waals surface area contributed by atoms with Crippen LogP contribution < -0.4 is 0 Å². The summed E-state index contributed by atoms with van der Waals surface area (Å²) < 4.78 is 5.55. The fourth-order valence-corrected chi connectivity index (χ4v) is 2.04. The van der Waals surface area contributed by atoms with Crippen molar-refractivity contribution >= 4 is 0 Å². The van der Waals surface area contributed by atoms with E-state index in [9.17, 15) is 5.11 Å². The molecule has 2 heteroatoms. The van der Waals surface area contributed by atoms with Crippen LogP contribution >= 0.6 is 0 Å². The normalized spacial score (nSPS) is 24.9. The molecule has 0 spiro atoms. The van der Waals surface area contributed by atoms with Crippen molar-refractivity contribution in [3.63, 3.8) is 0 Å². The summed E-state index contributed by atoms with van der Waals surface area (Å²) in [6, 6.07) is 0. The number of aliphatic hydroxyl groups excluding tert-OH is 1. The molecule has 2 nitrogen and oxygen atoms in total. The Morgan fingerprint density at radius 3 is 2.79 bits per heavy atom. The summed E-state index contributed by atoms with van der Waals surface area (Å²) in [6.07, 6.45) is 9.22. The SMILES string of the molecule is CCCCCCC(O)C1CCCCO1. The second kappa shape index (κ2) is 7.24. The molecule has 1 aliphatic heterocycles. The molecule has 0 aromatic heterocycles. The highest BCUT2D eigenvalue weighted by atomic mass is 16.5. The standard InChI is InChI=1S/C12H24O2/c1-2-3-4-5-8-11(13)12-9-6-7-10-14-12/h11-13H,2-10H2,1H3. The third-order valence-electron chi connectivity index (χ3n) is 3.00. The van der Waals surface area contributed by atoms with Crippen LogP contribution in [-0.2, 0) is 4.74 Å². The Bertz CT molecular complexity index is 130. The predicted octanol–water partition coefficient (Wildman–Crippen LogP) is 2.89. The van der Waals surface area contributed by atoms with Crippen molar-refractivity contribution in [2.75, 3.05) is 6.61 Å². The first-order valence-corrected chi connectivity index (χ1v) is 6.14. The third kappa shape index (κ3) is 4.43. The monoisotopic (exact) mass is 200 g/mol. The van der Waals surface area contributed by atoms with Crippen LogP contribution in [0.2, 0.25) is 0 Å². The van der Waals surface area contributed by atoms with Crippen LogP contribution in [-0.4, -0.2) is 23.9 Å². The van der Waals surface area contributed by atoms with Crippen molar-refractivity contribution in [3.05, 3.63) is 0 Å². The van der Waals surface area contributed by atoms with Crippen molar-refractivity contribution in [1.29, 1.82) is 0 Å². The number of aliphatic hydroxyl groups is 1. The van der Waals surface area contributed by atoms with E-state index < -0.39 is 0 Å². The lowest BCUT2D eigenvalue weighted by molar-refractivity contribution is -0.0648. The lowest BCUT2D eigenvalue weighted by Crippen LogP contribution is -2.32. The molecule has 0 bridgehead atoms. The van der Waals surface area contributed by atoms with Gasteiger partial charge in [-0.2, -0.15) is 0 Å². The maximum absolute atomic E-state index is 9.85. The van der Waals surface area contributed by atoms with Gasteiger partial charge in [0.05, 0.1) is 12.2 Å². The van der Waals surface area contributed by atoms with E-state index in [1.54, 1.807) is 0 Å². The van der Waals surface area contributed by atoms with Gasteiger partial charge in [0.25, 0.3) is 0 Å². The first-order valence-electron chi connectivity index (χ1n) is 6.14. The van der Waals surface area contributed by atoms with Gasteiger partial charge in [-0.15, -0.1) is 0 Å². The Labute approximate surface area is 87.7 Å². The predicted molar refractivity (Wildman–Crippen MR) is 58.4 cm³/mol. The topological polar surface area (TPSA) is 29.5 Å². The highest BCUT2D eigenvalue weighted by Gasteiger charge is 2.21. The summed E-state index contributed by atoms with van der Waals surface area (Å²) in [7, 11) is 0. The maximum Gasteiger partial charge on any atom is 0.0833 e. The summed E-state index contributed by atoms with van der Waals surface area (Å²) in [6.45, 7) is 3.05. The molecule has 0 aromatic carbocycles. The van der Waals surface area contributed by atoms with E-state index >= 15 is 0 Å². The molecular weight excluding hydrogens is 176 g/mol. The molecule has 1 heterocycles. The highest BCUT2D eigenvalue weighted by molar-refractivity contribution is 4.72. The van der Waals surface area contributed by atoms with E-state index in [0.717, 1.165) is 25.9 Å². The van der Waals surface area contributed by atoms with Crippen LogP contribution in [0.25, 0.3) is 0 Å². The molecule has 1 N–H and O–H groups in total. The van der Waals surface area contributed by atoms with Crippen LogP contribution in [0.5, 0.6) is 0 Å². The number of unbranched alkanes of at least 4 members (excludes halogenated alkanes) is 3. The average molecular weight is 200 g/mol. The molecule has 1 saturated heterocycles. The van der Waals surface area contributed by atoms with Gasteiger partial charge in [-0.1, -0.05) is 32.6 Å². The lowest BCUT2D eigenvalue weighted by atomic mass is 9.99. The van der Waals surface area contributed by atoms with E-state index in [-0.39, 0.29) is 12.2 Å². The minimum absolute atomic E-state index is 0.130. The van der Waals surface area contributed by atoms with E-state index in [1.807, 2.05) is 0 Å². The summed E-state index contributed by atoms with van der Waals surface area (Å²) in [5, 5.41) is 9.85. The molecular formula is C12H24O2. The summed E-state index contributed by atoms with van der Waals surface area (Å²) in [5.41, 5.74) is 0. The van der Waals surface area contributed by atoms with E-state index in [2.05, 4.69) is 6.92 Å². The van der Waals surface area contributed by atoms with Crippen LogP contribution in [0.4, 0.5) is 0 Å². The van der Waals surface area contributed by atoms with Gasteiger partial charge >= 0.3 is 0 Å². The fourth-order valence-electron chi connectivity index (χ4n) is 2.04.